The van der Waals surface area contributed by atoms with Crippen LogP contribution >= 0.6 is 11.3 Å². The Morgan fingerprint density at radius 2 is 1.95 bits per heavy atom. The Labute approximate surface area is 127 Å². The van der Waals surface area contributed by atoms with Crippen molar-refractivity contribution >= 4 is 22.8 Å². The van der Waals surface area contributed by atoms with E-state index in [4.69, 9.17) is 9.47 Å². The van der Waals surface area contributed by atoms with Gasteiger partial charge in [-0.25, -0.2) is 4.98 Å². The fourth-order valence-electron chi connectivity index (χ4n) is 2.52. The molecule has 0 radical (unpaired) electrons. The Bertz CT molecular complexity index is 669. The molecule has 1 aromatic carbocycles. The number of hydrogen-bond acceptors (Lipinski definition) is 6. The second-order valence-electron chi connectivity index (χ2n) is 4.81. The van der Waals surface area contributed by atoms with E-state index in [1.807, 2.05) is 12.1 Å². The van der Waals surface area contributed by atoms with Crippen LogP contribution in [0, 0.1) is 0 Å². The predicted octanol–water partition coefficient (Wildman–Crippen LogP) is 2.54. The monoisotopic (exact) mass is 304 g/mol. The van der Waals surface area contributed by atoms with Crippen LogP contribution in [0.2, 0.25) is 0 Å². The van der Waals surface area contributed by atoms with Gasteiger partial charge >= 0.3 is 0 Å². The summed E-state index contributed by atoms with van der Waals surface area (Å²) >= 11 is 1.42. The first-order valence-electron chi connectivity index (χ1n) is 6.65. The molecule has 1 aliphatic rings. The van der Waals surface area contributed by atoms with Crippen LogP contribution in [0.15, 0.2) is 18.3 Å². The molecule has 5 nitrogen and oxygen atoms in total. The quantitative estimate of drug-likeness (QED) is 0.813. The van der Waals surface area contributed by atoms with E-state index in [1.165, 1.54) is 22.5 Å². The minimum Gasteiger partial charge on any atom is -0.493 e. The molecule has 0 saturated carbocycles. The van der Waals surface area contributed by atoms with Crippen molar-refractivity contribution in [2.45, 2.75) is 13.0 Å². The average molecular weight is 304 g/mol. The standard InChI is InChI=1S/C15H16N2O3S/c1-19-13-5-10-3-4-17(8-11(10)6-14(13)20-2)15-16-7-12(9-18)21-15/h5-7,9H,3-4,8H2,1-2H3. The third-order valence-electron chi connectivity index (χ3n) is 3.62. The molecule has 2 heterocycles. The molecule has 0 N–H and O–H groups in total. The lowest BCUT2D eigenvalue weighted by molar-refractivity contribution is 0.112. The molecule has 21 heavy (non-hydrogen) atoms. The van der Waals surface area contributed by atoms with Gasteiger partial charge in [0.25, 0.3) is 0 Å². The van der Waals surface area contributed by atoms with E-state index < -0.39 is 0 Å². The Morgan fingerprint density at radius 3 is 2.57 bits per heavy atom. The summed E-state index contributed by atoms with van der Waals surface area (Å²) in [5.41, 5.74) is 2.48. The lowest BCUT2D eigenvalue weighted by Crippen LogP contribution is -2.30. The minimum absolute atomic E-state index is 0.656. The van der Waals surface area contributed by atoms with Crippen LogP contribution in [0.4, 0.5) is 5.13 Å². The molecule has 0 saturated heterocycles. The van der Waals surface area contributed by atoms with Gasteiger partial charge in [-0.1, -0.05) is 11.3 Å². The molecule has 0 atom stereocenters. The lowest BCUT2D eigenvalue weighted by Gasteiger charge is -2.29. The first-order chi connectivity index (χ1) is 10.2. The number of aldehydes is 1. The number of methoxy groups -OCH3 is 2. The van der Waals surface area contributed by atoms with Crippen molar-refractivity contribution in [3.8, 4) is 11.5 Å². The molecule has 0 amide bonds. The van der Waals surface area contributed by atoms with Crippen LogP contribution in [-0.4, -0.2) is 32.0 Å². The van der Waals surface area contributed by atoms with Crippen molar-refractivity contribution in [2.24, 2.45) is 0 Å². The van der Waals surface area contributed by atoms with E-state index in [0.29, 0.717) is 4.88 Å². The maximum absolute atomic E-state index is 10.8. The van der Waals surface area contributed by atoms with E-state index in [2.05, 4.69) is 9.88 Å². The highest BCUT2D eigenvalue weighted by atomic mass is 32.1. The molecule has 3 rings (SSSR count). The van der Waals surface area contributed by atoms with Crippen LogP contribution in [0.5, 0.6) is 11.5 Å². The first kappa shape index (κ1) is 13.9. The van der Waals surface area contributed by atoms with Gasteiger partial charge in [-0.05, 0) is 29.7 Å². The molecule has 0 aliphatic carbocycles. The summed E-state index contributed by atoms with van der Waals surface area (Å²) < 4.78 is 10.7. The molecule has 0 unspecified atom stereocenters. The first-order valence-corrected chi connectivity index (χ1v) is 7.46. The Hall–Kier alpha value is -2.08. The van der Waals surface area contributed by atoms with Gasteiger partial charge in [0.05, 0.1) is 25.3 Å². The SMILES string of the molecule is COc1cc2c(cc1OC)CN(c1ncc(C=O)s1)CC2. The molecule has 0 bridgehead atoms. The highest BCUT2D eigenvalue weighted by molar-refractivity contribution is 7.17. The molecule has 1 aliphatic heterocycles. The number of rotatable bonds is 4. The van der Waals surface area contributed by atoms with Crippen LogP contribution in [0.3, 0.4) is 0 Å². The second kappa shape index (κ2) is 5.73. The second-order valence-corrected chi connectivity index (χ2v) is 5.85. The Balaban J connectivity index is 1.89. The molecular formula is C15H16N2O3S. The fourth-order valence-corrected chi connectivity index (χ4v) is 3.28. The highest BCUT2D eigenvalue weighted by Crippen LogP contribution is 2.35. The van der Waals surface area contributed by atoms with E-state index in [9.17, 15) is 4.79 Å². The summed E-state index contributed by atoms with van der Waals surface area (Å²) in [6.45, 7) is 1.65. The number of carbonyl (C=O) groups is 1. The molecular weight excluding hydrogens is 288 g/mol. The highest BCUT2D eigenvalue weighted by Gasteiger charge is 2.21. The van der Waals surface area contributed by atoms with E-state index in [-0.39, 0.29) is 0 Å². The summed E-state index contributed by atoms with van der Waals surface area (Å²) in [5, 5.41) is 0.887. The molecule has 2 aromatic rings. The van der Waals surface area contributed by atoms with Crippen LogP contribution in [0.25, 0.3) is 0 Å². The fraction of sp³-hybridized carbons (Fsp3) is 0.333. The van der Waals surface area contributed by atoms with Gasteiger partial charge in [-0.2, -0.15) is 0 Å². The van der Waals surface area contributed by atoms with E-state index in [0.717, 1.165) is 42.4 Å². The van der Waals surface area contributed by atoms with Crippen molar-refractivity contribution in [3.63, 3.8) is 0 Å². The van der Waals surface area contributed by atoms with Gasteiger partial charge in [0.15, 0.2) is 22.9 Å². The normalized spacial score (nSPS) is 13.7. The number of fused-ring (bicyclic) bond motifs is 1. The van der Waals surface area contributed by atoms with E-state index in [1.54, 1.807) is 20.4 Å². The lowest BCUT2D eigenvalue weighted by atomic mass is 9.99. The number of nitrogens with zero attached hydrogens (tertiary/aromatic N) is 2. The van der Waals surface area contributed by atoms with Crippen LogP contribution in [-0.2, 0) is 13.0 Å². The molecule has 1 aromatic heterocycles. The van der Waals surface area contributed by atoms with Crippen molar-refractivity contribution in [2.75, 3.05) is 25.7 Å². The van der Waals surface area contributed by atoms with Crippen LogP contribution in [0.1, 0.15) is 20.8 Å². The largest absolute Gasteiger partial charge is 0.493 e. The Kier molecular flexibility index (Phi) is 3.79. The van der Waals surface area contributed by atoms with Crippen molar-refractivity contribution in [1.29, 1.82) is 0 Å². The summed E-state index contributed by atoms with van der Waals surface area (Å²) in [7, 11) is 3.29. The summed E-state index contributed by atoms with van der Waals surface area (Å²) in [4.78, 5) is 17.9. The number of benzene rings is 1. The zero-order valence-electron chi connectivity index (χ0n) is 12.0. The number of thiazole rings is 1. The summed E-state index contributed by atoms with van der Waals surface area (Å²) in [5.74, 6) is 1.51. The number of carbonyl (C=O) groups excluding carboxylic acids is 1. The van der Waals surface area contributed by atoms with Crippen molar-refractivity contribution in [1.82, 2.24) is 4.98 Å². The molecule has 6 heteroatoms. The van der Waals surface area contributed by atoms with Gasteiger partial charge in [-0.3, -0.25) is 4.79 Å². The van der Waals surface area contributed by atoms with Gasteiger partial charge in [-0.15, -0.1) is 0 Å². The van der Waals surface area contributed by atoms with Crippen molar-refractivity contribution in [3.05, 3.63) is 34.3 Å². The maximum Gasteiger partial charge on any atom is 0.186 e. The number of hydrogen-bond donors (Lipinski definition) is 0. The zero-order chi connectivity index (χ0) is 14.8. The van der Waals surface area contributed by atoms with Gasteiger partial charge in [0, 0.05) is 13.1 Å². The van der Waals surface area contributed by atoms with Crippen molar-refractivity contribution < 1.29 is 14.3 Å². The van der Waals surface area contributed by atoms with Gasteiger partial charge in [0.1, 0.15) is 0 Å². The molecule has 0 fully saturated rings. The zero-order valence-corrected chi connectivity index (χ0v) is 12.8. The third-order valence-corrected chi connectivity index (χ3v) is 4.60. The molecule has 110 valence electrons. The summed E-state index contributed by atoms with van der Waals surface area (Å²) in [6, 6.07) is 4.07. The molecule has 0 spiro atoms. The number of anilines is 1. The third kappa shape index (κ3) is 2.58. The predicted molar refractivity (Wildman–Crippen MR) is 81.8 cm³/mol. The minimum atomic E-state index is 0.656. The maximum atomic E-state index is 10.8. The van der Waals surface area contributed by atoms with Crippen LogP contribution < -0.4 is 14.4 Å². The smallest absolute Gasteiger partial charge is 0.186 e. The Morgan fingerprint density at radius 1 is 1.24 bits per heavy atom. The topological polar surface area (TPSA) is 51.7 Å². The van der Waals surface area contributed by atoms with Gasteiger partial charge in [0.2, 0.25) is 0 Å². The average Bonchev–Trinajstić information content (AvgIpc) is 3.02. The number of ether oxygens (including phenoxy) is 2. The summed E-state index contributed by atoms with van der Waals surface area (Å²) in [6.07, 6.45) is 3.38. The van der Waals surface area contributed by atoms with Gasteiger partial charge < -0.3 is 14.4 Å². The number of aromatic nitrogens is 1. The van der Waals surface area contributed by atoms with E-state index >= 15 is 0 Å².